The largest absolute Gasteiger partial charge is 0.396 e. The summed E-state index contributed by atoms with van der Waals surface area (Å²) in [6.45, 7) is 1.86. The zero-order chi connectivity index (χ0) is 15.9. The normalized spacial score (nSPS) is 38.4. The standard InChI is InChI=1S/C18H30N2O3/c21-11-6-13-5-1-4-10-20(13)17(22)19-15-14-7-12-23-16(14)18(15)8-2-3-9-18/h13-16,21H,1-12H2,(H,19,22). The minimum atomic E-state index is 0.102. The van der Waals surface area contributed by atoms with Crippen LogP contribution in [0.5, 0.6) is 0 Å². The molecule has 2 N–H and O–H groups in total. The average molecular weight is 322 g/mol. The van der Waals surface area contributed by atoms with E-state index in [4.69, 9.17) is 4.74 Å². The highest BCUT2D eigenvalue weighted by atomic mass is 16.5. The van der Waals surface area contributed by atoms with Crippen molar-refractivity contribution in [2.75, 3.05) is 19.8 Å². The lowest BCUT2D eigenvalue weighted by Gasteiger charge is -2.57. The van der Waals surface area contributed by atoms with Crippen LogP contribution in [0.1, 0.15) is 57.8 Å². The topological polar surface area (TPSA) is 61.8 Å². The molecule has 2 saturated carbocycles. The van der Waals surface area contributed by atoms with Gasteiger partial charge in [0.1, 0.15) is 0 Å². The molecule has 0 aromatic heterocycles. The van der Waals surface area contributed by atoms with Gasteiger partial charge in [0.15, 0.2) is 0 Å². The van der Waals surface area contributed by atoms with E-state index in [1.165, 1.54) is 32.1 Å². The van der Waals surface area contributed by atoms with Gasteiger partial charge in [0.05, 0.1) is 6.10 Å². The summed E-state index contributed by atoms with van der Waals surface area (Å²) in [6, 6.07) is 0.621. The van der Waals surface area contributed by atoms with Crippen LogP contribution in [0.2, 0.25) is 0 Å². The predicted molar refractivity (Wildman–Crippen MR) is 87.1 cm³/mol. The Labute approximate surface area is 138 Å². The number of carbonyl (C=O) groups is 1. The van der Waals surface area contributed by atoms with Crippen LogP contribution >= 0.6 is 0 Å². The van der Waals surface area contributed by atoms with Crippen LogP contribution in [-0.4, -0.2) is 54.0 Å². The molecule has 23 heavy (non-hydrogen) atoms. The summed E-state index contributed by atoms with van der Waals surface area (Å²) < 4.78 is 6.01. The first-order valence-corrected chi connectivity index (χ1v) is 9.56. The second-order valence-electron chi connectivity index (χ2n) is 7.97. The maximum atomic E-state index is 12.9. The maximum absolute atomic E-state index is 12.9. The first kappa shape index (κ1) is 15.7. The van der Waals surface area contributed by atoms with Crippen molar-refractivity contribution >= 4 is 6.03 Å². The number of piperidine rings is 1. The highest BCUT2D eigenvalue weighted by Gasteiger charge is 2.65. The molecule has 5 heteroatoms. The number of hydrogen-bond donors (Lipinski definition) is 2. The number of carbonyl (C=O) groups excluding carboxylic acids is 1. The van der Waals surface area contributed by atoms with Crippen molar-refractivity contribution in [1.29, 1.82) is 0 Å². The monoisotopic (exact) mass is 322 g/mol. The molecule has 2 aliphatic heterocycles. The van der Waals surface area contributed by atoms with E-state index < -0.39 is 0 Å². The number of amides is 2. The molecule has 4 atom stereocenters. The van der Waals surface area contributed by atoms with Crippen molar-refractivity contribution in [3.8, 4) is 0 Å². The number of fused-ring (bicyclic) bond motifs is 2. The third-order valence-electron chi connectivity index (χ3n) is 6.92. The number of rotatable bonds is 3. The number of nitrogens with one attached hydrogen (secondary N) is 1. The summed E-state index contributed by atoms with van der Waals surface area (Å²) in [4.78, 5) is 14.9. The second-order valence-corrected chi connectivity index (χ2v) is 7.97. The van der Waals surface area contributed by atoms with Crippen molar-refractivity contribution in [3.63, 3.8) is 0 Å². The van der Waals surface area contributed by atoms with Crippen LogP contribution < -0.4 is 5.32 Å². The van der Waals surface area contributed by atoms with Gasteiger partial charge in [0.25, 0.3) is 0 Å². The minimum absolute atomic E-state index is 0.102. The van der Waals surface area contributed by atoms with Crippen LogP contribution in [0.25, 0.3) is 0 Å². The van der Waals surface area contributed by atoms with Crippen molar-refractivity contribution in [2.24, 2.45) is 11.3 Å². The van der Waals surface area contributed by atoms with E-state index in [1.54, 1.807) is 0 Å². The van der Waals surface area contributed by atoms with Crippen LogP contribution in [0.3, 0.4) is 0 Å². The molecule has 4 rings (SSSR count). The van der Waals surface area contributed by atoms with Crippen LogP contribution in [-0.2, 0) is 4.74 Å². The smallest absolute Gasteiger partial charge is 0.317 e. The molecule has 2 heterocycles. The number of hydrogen-bond acceptors (Lipinski definition) is 3. The minimum Gasteiger partial charge on any atom is -0.396 e. The van der Waals surface area contributed by atoms with E-state index in [9.17, 15) is 9.90 Å². The average Bonchev–Trinajstić information content (AvgIpc) is 3.22. The zero-order valence-electron chi connectivity index (χ0n) is 14.0. The van der Waals surface area contributed by atoms with Gasteiger partial charge in [0, 0.05) is 43.2 Å². The fourth-order valence-electron chi connectivity index (χ4n) is 5.84. The van der Waals surface area contributed by atoms with E-state index in [2.05, 4.69) is 5.32 Å². The van der Waals surface area contributed by atoms with Crippen LogP contribution in [0.4, 0.5) is 4.79 Å². The zero-order valence-corrected chi connectivity index (χ0v) is 14.0. The van der Waals surface area contributed by atoms with E-state index in [1.807, 2.05) is 4.90 Å². The summed E-state index contributed by atoms with van der Waals surface area (Å²) in [5.74, 6) is 0.526. The number of aliphatic hydroxyl groups is 1. The SMILES string of the molecule is O=C(NC1C2CCOC2C12CCCC2)N1CCCCC1CCO. The molecule has 1 spiro atoms. The van der Waals surface area contributed by atoms with E-state index in [-0.39, 0.29) is 24.1 Å². The molecule has 2 aliphatic carbocycles. The Morgan fingerprint density at radius 2 is 2.04 bits per heavy atom. The van der Waals surface area contributed by atoms with E-state index in [0.717, 1.165) is 32.4 Å². The predicted octanol–water partition coefficient (Wildman–Crippen LogP) is 2.28. The lowest BCUT2D eigenvalue weighted by Crippen LogP contribution is -2.69. The van der Waals surface area contributed by atoms with Gasteiger partial charge < -0.3 is 20.1 Å². The summed E-state index contributed by atoms with van der Waals surface area (Å²) in [7, 11) is 0. The van der Waals surface area contributed by atoms with E-state index >= 15 is 0 Å². The molecule has 0 bridgehead atoms. The first-order valence-electron chi connectivity index (χ1n) is 9.56. The highest BCUT2D eigenvalue weighted by molar-refractivity contribution is 5.75. The quantitative estimate of drug-likeness (QED) is 0.838. The molecular formula is C18H30N2O3. The van der Waals surface area contributed by atoms with Gasteiger partial charge in [-0.05, 0) is 44.9 Å². The highest BCUT2D eigenvalue weighted by Crippen LogP contribution is 2.60. The number of aliphatic hydroxyl groups excluding tert-OH is 1. The lowest BCUT2D eigenvalue weighted by molar-refractivity contribution is -0.127. The summed E-state index contributed by atoms with van der Waals surface area (Å²) in [5, 5.41) is 12.7. The van der Waals surface area contributed by atoms with Gasteiger partial charge in [-0.1, -0.05) is 12.8 Å². The Morgan fingerprint density at radius 3 is 2.83 bits per heavy atom. The first-order chi connectivity index (χ1) is 11.3. The fourth-order valence-corrected chi connectivity index (χ4v) is 5.84. The van der Waals surface area contributed by atoms with Gasteiger partial charge in [-0.2, -0.15) is 0 Å². The number of urea groups is 1. The summed E-state index contributed by atoms with van der Waals surface area (Å²) in [6.07, 6.45) is 10.4. The van der Waals surface area contributed by atoms with Crippen molar-refractivity contribution < 1.29 is 14.6 Å². The van der Waals surface area contributed by atoms with Crippen molar-refractivity contribution in [2.45, 2.75) is 76.0 Å². The second kappa shape index (κ2) is 6.25. The third-order valence-corrected chi connectivity index (χ3v) is 6.92. The van der Waals surface area contributed by atoms with Gasteiger partial charge in [-0.15, -0.1) is 0 Å². The summed E-state index contributed by atoms with van der Waals surface area (Å²) in [5.41, 5.74) is 0.221. The number of nitrogens with zero attached hydrogens (tertiary/aromatic N) is 1. The fraction of sp³-hybridized carbons (Fsp3) is 0.944. The van der Waals surface area contributed by atoms with Gasteiger partial charge in [0.2, 0.25) is 0 Å². The molecule has 4 aliphatic rings. The van der Waals surface area contributed by atoms with E-state index in [0.29, 0.717) is 24.5 Å². The van der Waals surface area contributed by atoms with Crippen LogP contribution in [0, 0.1) is 11.3 Å². The Balaban J connectivity index is 1.45. The lowest BCUT2D eigenvalue weighted by atomic mass is 9.54. The maximum Gasteiger partial charge on any atom is 0.317 e. The Kier molecular flexibility index (Phi) is 4.26. The molecule has 0 aromatic rings. The number of likely N-dealkylation sites (tertiary alicyclic amines) is 1. The molecule has 0 aromatic carbocycles. The molecule has 0 radical (unpaired) electrons. The Morgan fingerprint density at radius 1 is 1.22 bits per heavy atom. The van der Waals surface area contributed by atoms with Gasteiger partial charge in [-0.25, -0.2) is 4.79 Å². The van der Waals surface area contributed by atoms with Crippen molar-refractivity contribution in [3.05, 3.63) is 0 Å². The van der Waals surface area contributed by atoms with Crippen LogP contribution in [0.15, 0.2) is 0 Å². The number of ether oxygens (including phenoxy) is 1. The molecule has 4 unspecified atom stereocenters. The molecule has 4 fully saturated rings. The van der Waals surface area contributed by atoms with Gasteiger partial charge in [-0.3, -0.25) is 0 Å². The Hall–Kier alpha value is -0.810. The molecule has 2 saturated heterocycles. The summed E-state index contributed by atoms with van der Waals surface area (Å²) >= 11 is 0. The molecule has 5 nitrogen and oxygen atoms in total. The molecule has 130 valence electrons. The van der Waals surface area contributed by atoms with Gasteiger partial charge >= 0.3 is 6.03 Å². The molecular weight excluding hydrogens is 292 g/mol. The molecule has 2 amide bonds. The van der Waals surface area contributed by atoms with Crippen molar-refractivity contribution in [1.82, 2.24) is 10.2 Å². The third kappa shape index (κ3) is 2.47. The Bertz CT molecular complexity index is 448.